The number of aromatic amines is 1. The Morgan fingerprint density at radius 1 is 0.583 bits per heavy atom. The summed E-state index contributed by atoms with van der Waals surface area (Å²) in [5.74, 6) is -1.32. The number of Topliss-reactive ketones (excluding diaryl/α,β-unsaturated/α-hetero) is 5. The number of unbranched alkanes of at least 4 members (excludes halogenated alkanes) is 17. The van der Waals surface area contributed by atoms with E-state index in [1.807, 2.05) is 6.92 Å². The van der Waals surface area contributed by atoms with Crippen LogP contribution in [-0.4, -0.2) is 151 Å². The van der Waals surface area contributed by atoms with Crippen LogP contribution in [0.3, 0.4) is 0 Å². The molecule has 2 rings (SSSR count). The van der Waals surface area contributed by atoms with Gasteiger partial charge in [-0.1, -0.05) is 117 Å². The molecule has 2 atom stereocenters. The van der Waals surface area contributed by atoms with Crippen molar-refractivity contribution >= 4 is 52.7 Å². The average Bonchev–Trinajstić information content (AvgIpc) is 4.09. The molecule has 0 radical (unpaired) electrons. The van der Waals surface area contributed by atoms with E-state index in [-0.39, 0.29) is 86.3 Å². The quantitative estimate of drug-likeness (QED) is 0.0331. The predicted molar refractivity (Wildman–Crippen MR) is 324 cm³/mol. The maximum absolute atomic E-state index is 12.3. The summed E-state index contributed by atoms with van der Waals surface area (Å²) in [7, 11) is 0. The lowest BCUT2D eigenvalue weighted by molar-refractivity contribution is -0.143. The number of ether oxygens (including phenoxy) is 4. The van der Waals surface area contributed by atoms with Gasteiger partial charge in [-0.05, 0) is 83.5 Å². The van der Waals surface area contributed by atoms with Gasteiger partial charge in [-0.25, -0.2) is 4.98 Å². The minimum Gasteiger partial charge on any atom is -0.481 e. The molecular formula is C64H111N5O15. The van der Waals surface area contributed by atoms with Crippen molar-refractivity contribution < 1.29 is 72.3 Å². The summed E-state index contributed by atoms with van der Waals surface area (Å²) in [6.07, 6.45) is 34.9. The molecule has 0 bridgehead atoms. The van der Waals surface area contributed by atoms with Gasteiger partial charge in [0.25, 0.3) is 0 Å². The SMILES string of the molecule is CCCC(=O)NCCOCCOCC(=O)NCCOCCOCC(=O)CCCCC[C@H](NCC(=O)CCc1cnc[nH]1)C(C)=O.C[C@H](CC(=O)C1CCC(CCC(=O)CCCCCCCCCCCCCCCCCCC(=O)O)CC1)C(=O)O. The van der Waals surface area contributed by atoms with Gasteiger partial charge >= 0.3 is 11.9 Å². The van der Waals surface area contributed by atoms with E-state index in [0.717, 1.165) is 82.7 Å². The molecule has 0 spiro atoms. The van der Waals surface area contributed by atoms with Crippen LogP contribution in [0.5, 0.6) is 0 Å². The Morgan fingerprint density at radius 2 is 1.10 bits per heavy atom. The van der Waals surface area contributed by atoms with Crippen molar-refractivity contribution in [2.24, 2.45) is 17.8 Å². The lowest BCUT2D eigenvalue weighted by Crippen LogP contribution is -2.38. The number of H-pyrrole nitrogens is 1. The van der Waals surface area contributed by atoms with Gasteiger partial charge in [0.2, 0.25) is 11.8 Å². The van der Waals surface area contributed by atoms with E-state index in [1.165, 1.54) is 84.0 Å². The summed E-state index contributed by atoms with van der Waals surface area (Å²) in [5, 5.41) is 26.1. The molecule has 1 heterocycles. The van der Waals surface area contributed by atoms with Gasteiger partial charge in [0.15, 0.2) is 5.78 Å². The highest BCUT2D eigenvalue weighted by atomic mass is 16.5. The Kier molecular flexibility index (Phi) is 49.4. The zero-order chi connectivity index (χ0) is 61.7. The molecule has 6 N–H and O–H groups in total. The minimum atomic E-state index is -0.898. The summed E-state index contributed by atoms with van der Waals surface area (Å²) in [5.41, 5.74) is 0.905. The van der Waals surface area contributed by atoms with E-state index in [0.29, 0.717) is 109 Å². The van der Waals surface area contributed by atoms with Crippen LogP contribution >= 0.6 is 0 Å². The van der Waals surface area contributed by atoms with Crippen molar-refractivity contribution in [2.75, 3.05) is 72.5 Å². The van der Waals surface area contributed by atoms with Gasteiger partial charge in [-0.15, -0.1) is 0 Å². The summed E-state index contributed by atoms with van der Waals surface area (Å²) in [6.45, 7) is 7.84. The number of aryl methyl sites for hydroxylation is 1. The van der Waals surface area contributed by atoms with Crippen LogP contribution in [-0.2, 0) is 68.5 Å². The van der Waals surface area contributed by atoms with Crippen molar-refractivity contribution in [1.29, 1.82) is 0 Å². The fraction of sp³-hybridized carbons (Fsp3) is 0.812. The Balaban J connectivity index is 0.000000849. The van der Waals surface area contributed by atoms with Crippen LogP contribution < -0.4 is 16.0 Å². The maximum Gasteiger partial charge on any atom is 0.306 e. The monoisotopic (exact) mass is 1190 g/mol. The Bertz CT molecular complexity index is 1910. The first kappa shape index (κ1) is 77.3. The molecule has 482 valence electrons. The normalized spacial score (nSPS) is 14.7. The summed E-state index contributed by atoms with van der Waals surface area (Å²) in [4.78, 5) is 112. The molecule has 1 fully saturated rings. The van der Waals surface area contributed by atoms with Crippen LogP contribution in [0.25, 0.3) is 0 Å². The van der Waals surface area contributed by atoms with E-state index in [9.17, 15) is 43.2 Å². The predicted octanol–water partition coefficient (Wildman–Crippen LogP) is 10.0. The number of aliphatic carboxylic acids is 2. The van der Waals surface area contributed by atoms with Gasteiger partial charge < -0.3 is 50.1 Å². The number of ketones is 5. The third-order valence-corrected chi connectivity index (χ3v) is 15.2. The Hall–Kier alpha value is -4.76. The number of hydrogen-bond acceptors (Lipinski definition) is 15. The van der Waals surface area contributed by atoms with Crippen LogP contribution in [0.4, 0.5) is 0 Å². The highest BCUT2D eigenvalue weighted by Gasteiger charge is 2.28. The number of amides is 2. The van der Waals surface area contributed by atoms with E-state index >= 15 is 0 Å². The third kappa shape index (κ3) is 47.5. The Morgan fingerprint density at radius 3 is 1.62 bits per heavy atom. The second-order valence-electron chi connectivity index (χ2n) is 22.8. The standard InChI is InChI=1S/C33H58O6.C31H53N5O9/c1-27(33(38)39)26-31(35)29-23-20-28(21-24-29)22-25-30(34)18-16-14-12-10-8-6-4-2-3-5-7-9-11-13-15-17-19-32(36)37;1-3-7-30(40)33-12-14-42-17-19-45-23-31(41)34-13-15-43-16-18-44-22-28(39)8-5-4-6-9-29(25(2)37)35-21-27(38)11-10-26-20-32-24-36-26/h27-29H,2-26H2,1H3,(H,36,37)(H,38,39);20,24,29,35H,3-19,21-23H2,1-2H3,(H,32,36)(H,33,40)(H,34,41)/t27-,28?,29?;29-/m10/s1. The second kappa shape index (κ2) is 53.7. The first-order valence-corrected chi connectivity index (χ1v) is 32.2. The molecule has 2 amide bonds. The number of nitrogens with one attached hydrogen (secondary N) is 4. The second-order valence-corrected chi connectivity index (χ2v) is 22.8. The molecule has 1 aliphatic carbocycles. The summed E-state index contributed by atoms with van der Waals surface area (Å²) in [6, 6.07) is -0.366. The molecule has 0 saturated heterocycles. The first-order chi connectivity index (χ1) is 40.6. The van der Waals surface area contributed by atoms with Gasteiger partial charge in [0.1, 0.15) is 36.3 Å². The average molecular weight is 1190 g/mol. The van der Waals surface area contributed by atoms with E-state index in [4.69, 9.17) is 29.2 Å². The number of nitrogens with zero attached hydrogens (tertiary/aromatic N) is 1. The number of carboxylic acids is 2. The van der Waals surface area contributed by atoms with Crippen molar-refractivity contribution in [3.63, 3.8) is 0 Å². The van der Waals surface area contributed by atoms with E-state index in [1.54, 1.807) is 19.4 Å². The molecule has 0 aliphatic heterocycles. The first-order valence-electron chi connectivity index (χ1n) is 32.2. The number of carboxylic acid groups (broad SMARTS) is 2. The van der Waals surface area contributed by atoms with E-state index < -0.39 is 17.9 Å². The minimum absolute atomic E-state index is 0.000512. The van der Waals surface area contributed by atoms with Crippen molar-refractivity contribution in [3.05, 3.63) is 18.2 Å². The van der Waals surface area contributed by atoms with Crippen LogP contribution in [0.2, 0.25) is 0 Å². The lowest BCUT2D eigenvalue weighted by Gasteiger charge is -2.28. The van der Waals surface area contributed by atoms with Crippen LogP contribution in [0.15, 0.2) is 12.5 Å². The highest BCUT2D eigenvalue weighted by Crippen LogP contribution is 2.33. The molecule has 20 heteroatoms. The number of aromatic nitrogens is 2. The largest absolute Gasteiger partial charge is 0.481 e. The van der Waals surface area contributed by atoms with Gasteiger partial charge in [-0.3, -0.25) is 43.2 Å². The summed E-state index contributed by atoms with van der Waals surface area (Å²) < 4.78 is 21.3. The molecule has 1 aromatic rings. The van der Waals surface area contributed by atoms with Crippen molar-refractivity contribution in [1.82, 2.24) is 25.9 Å². The number of rotatable bonds is 57. The summed E-state index contributed by atoms with van der Waals surface area (Å²) >= 11 is 0. The van der Waals surface area contributed by atoms with Crippen LogP contribution in [0, 0.1) is 17.8 Å². The molecule has 20 nitrogen and oxygen atoms in total. The molecule has 1 aliphatic rings. The number of imidazole rings is 1. The van der Waals surface area contributed by atoms with Gasteiger partial charge in [-0.2, -0.15) is 0 Å². The zero-order valence-electron chi connectivity index (χ0n) is 51.9. The van der Waals surface area contributed by atoms with Gasteiger partial charge in [0.05, 0.1) is 64.5 Å². The molecule has 1 aromatic heterocycles. The number of carbonyl (C=O) groups is 9. The molecular weight excluding hydrogens is 1080 g/mol. The lowest BCUT2D eigenvalue weighted by atomic mass is 9.76. The number of hydrogen-bond donors (Lipinski definition) is 6. The number of carbonyl (C=O) groups excluding carboxylic acids is 7. The Labute approximate surface area is 502 Å². The van der Waals surface area contributed by atoms with E-state index in [2.05, 4.69) is 25.9 Å². The fourth-order valence-corrected chi connectivity index (χ4v) is 9.96. The maximum atomic E-state index is 12.3. The van der Waals surface area contributed by atoms with Crippen molar-refractivity contribution in [2.45, 2.75) is 245 Å². The zero-order valence-corrected chi connectivity index (χ0v) is 51.9. The molecule has 84 heavy (non-hydrogen) atoms. The van der Waals surface area contributed by atoms with Crippen molar-refractivity contribution in [3.8, 4) is 0 Å². The highest BCUT2D eigenvalue weighted by molar-refractivity contribution is 5.86. The third-order valence-electron chi connectivity index (χ3n) is 15.2. The van der Waals surface area contributed by atoms with Gasteiger partial charge in [0, 0.05) is 75.8 Å². The fourth-order valence-electron chi connectivity index (χ4n) is 9.96. The molecule has 0 unspecified atom stereocenters. The smallest absolute Gasteiger partial charge is 0.306 e. The topological polar surface area (TPSA) is 296 Å². The molecule has 0 aromatic carbocycles. The molecule has 1 saturated carbocycles. The van der Waals surface area contributed by atoms with Crippen LogP contribution in [0.1, 0.15) is 238 Å².